The van der Waals surface area contributed by atoms with Gasteiger partial charge in [-0.1, -0.05) is 25.4 Å². The van der Waals surface area contributed by atoms with Gasteiger partial charge < -0.3 is 14.5 Å². The van der Waals surface area contributed by atoms with Gasteiger partial charge in [0.15, 0.2) is 0 Å². The molecule has 2 heterocycles. The summed E-state index contributed by atoms with van der Waals surface area (Å²) < 4.78 is 5.89. The lowest BCUT2D eigenvalue weighted by molar-refractivity contribution is -0.159. The van der Waals surface area contributed by atoms with E-state index in [1.54, 1.807) is 25.8 Å². The molecule has 1 aromatic carbocycles. The van der Waals surface area contributed by atoms with E-state index >= 15 is 0 Å². The Morgan fingerprint density at radius 3 is 2.54 bits per heavy atom. The van der Waals surface area contributed by atoms with Crippen LogP contribution >= 0.6 is 11.6 Å². The number of likely N-dealkylation sites (N-methyl/N-ethyl adjacent to an activating group) is 1. The largest absolute Gasteiger partial charge is 0.492 e. The SMILES string of the molecule is C[C@H]1C(=O)N(Cc2cc(Cl)cc3c2OCC3(C)C)[C@@H](C)C(=O)N1C. The number of rotatable bonds is 2. The molecule has 0 aliphatic carbocycles. The lowest BCUT2D eigenvalue weighted by Crippen LogP contribution is -2.61. The summed E-state index contributed by atoms with van der Waals surface area (Å²) in [5, 5.41) is 0.621. The van der Waals surface area contributed by atoms with E-state index in [0.29, 0.717) is 18.2 Å². The Morgan fingerprint density at radius 1 is 1.21 bits per heavy atom. The zero-order valence-electron chi connectivity index (χ0n) is 14.7. The van der Waals surface area contributed by atoms with Crippen molar-refractivity contribution in [3.8, 4) is 5.75 Å². The Hall–Kier alpha value is -1.75. The summed E-state index contributed by atoms with van der Waals surface area (Å²) >= 11 is 6.29. The first kappa shape index (κ1) is 17.1. The first-order valence-electron chi connectivity index (χ1n) is 8.16. The predicted octanol–water partition coefficient (Wildman–Crippen LogP) is 2.59. The molecule has 130 valence electrons. The van der Waals surface area contributed by atoms with Gasteiger partial charge >= 0.3 is 0 Å². The number of piperazine rings is 1. The Labute approximate surface area is 147 Å². The maximum Gasteiger partial charge on any atom is 0.246 e. The van der Waals surface area contributed by atoms with Crippen molar-refractivity contribution in [3.63, 3.8) is 0 Å². The Kier molecular flexibility index (Phi) is 4.03. The molecule has 3 rings (SSSR count). The third kappa shape index (κ3) is 2.55. The molecule has 2 atom stereocenters. The van der Waals surface area contributed by atoms with E-state index in [9.17, 15) is 9.59 Å². The number of benzene rings is 1. The van der Waals surface area contributed by atoms with E-state index in [1.807, 2.05) is 12.1 Å². The highest BCUT2D eigenvalue weighted by atomic mass is 35.5. The third-order valence-electron chi connectivity index (χ3n) is 5.17. The van der Waals surface area contributed by atoms with Gasteiger partial charge in [-0.25, -0.2) is 0 Å². The molecule has 1 aromatic rings. The van der Waals surface area contributed by atoms with Gasteiger partial charge in [0.25, 0.3) is 0 Å². The molecule has 5 nitrogen and oxygen atoms in total. The van der Waals surface area contributed by atoms with Crippen LogP contribution in [0.5, 0.6) is 5.75 Å². The summed E-state index contributed by atoms with van der Waals surface area (Å²) in [5.41, 5.74) is 1.79. The summed E-state index contributed by atoms with van der Waals surface area (Å²) in [5.74, 6) is 0.682. The highest BCUT2D eigenvalue weighted by molar-refractivity contribution is 6.30. The normalized spacial score (nSPS) is 25.8. The van der Waals surface area contributed by atoms with Gasteiger partial charge in [-0.15, -0.1) is 0 Å². The van der Waals surface area contributed by atoms with Crippen molar-refractivity contribution in [1.82, 2.24) is 9.80 Å². The fraction of sp³-hybridized carbons (Fsp3) is 0.556. The number of carbonyl (C=O) groups excluding carboxylic acids is 2. The van der Waals surface area contributed by atoms with Gasteiger partial charge in [0, 0.05) is 28.6 Å². The van der Waals surface area contributed by atoms with Crippen molar-refractivity contribution < 1.29 is 14.3 Å². The topological polar surface area (TPSA) is 49.9 Å². The highest BCUT2D eigenvalue weighted by Gasteiger charge is 2.41. The van der Waals surface area contributed by atoms with E-state index in [1.165, 1.54) is 4.90 Å². The molecule has 0 N–H and O–H groups in total. The second kappa shape index (κ2) is 5.66. The summed E-state index contributed by atoms with van der Waals surface area (Å²) in [6.45, 7) is 8.63. The third-order valence-corrected chi connectivity index (χ3v) is 5.39. The molecule has 0 radical (unpaired) electrons. The lowest BCUT2D eigenvalue weighted by Gasteiger charge is -2.41. The number of hydrogen-bond acceptors (Lipinski definition) is 3. The first-order valence-corrected chi connectivity index (χ1v) is 8.54. The number of ether oxygens (including phenoxy) is 1. The van der Waals surface area contributed by atoms with Crippen molar-refractivity contribution in [1.29, 1.82) is 0 Å². The summed E-state index contributed by atoms with van der Waals surface area (Å²) in [7, 11) is 1.67. The number of amides is 2. The molecule has 2 aliphatic heterocycles. The summed E-state index contributed by atoms with van der Waals surface area (Å²) in [6, 6.07) is 2.80. The van der Waals surface area contributed by atoms with E-state index in [4.69, 9.17) is 16.3 Å². The van der Waals surface area contributed by atoms with Crippen molar-refractivity contribution >= 4 is 23.4 Å². The second-order valence-electron chi connectivity index (χ2n) is 7.38. The van der Waals surface area contributed by atoms with Crippen LogP contribution in [0.1, 0.15) is 38.8 Å². The van der Waals surface area contributed by atoms with E-state index in [-0.39, 0.29) is 17.2 Å². The molecular weight excluding hydrogens is 328 g/mol. The van der Waals surface area contributed by atoms with Gasteiger partial charge in [0.2, 0.25) is 11.8 Å². The standard InChI is InChI=1S/C18H23ClN2O3/c1-10-17(23)21(11(2)16(22)20(10)5)8-12-6-13(19)7-14-15(12)24-9-18(14,3)4/h6-7,10-11H,8-9H2,1-5H3/t10-,11-/m0/s1. The fourth-order valence-electron chi connectivity index (χ4n) is 3.38. The Balaban J connectivity index is 1.97. The molecule has 6 heteroatoms. The molecule has 24 heavy (non-hydrogen) atoms. The zero-order valence-corrected chi connectivity index (χ0v) is 15.5. The summed E-state index contributed by atoms with van der Waals surface area (Å²) in [4.78, 5) is 28.2. The van der Waals surface area contributed by atoms with Crippen LogP contribution in [0.15, 0.2) is 12.1 Å². The average Bonchev–Trinajstić information content (AvgIpc) is 2.83. The number of hydrogen-bond donors (Lipinski definition) is 0. The van der Waals surface area contributed by atoms with Crippen molar-refractivity contribution in [3.05, 3.63) is 28.3 Å². The fourth-order valence-corrected chi connectivity index (χ4v) is 3.63. The molecule has 1 fully saturated rings. The number of carbonyl (C=O) groups is 2. The summed E-state index contributed by atoms with van der Waals surface area (Å²) in [6.07, 6.45) is 0. The van der Waals surface area contributed by atoms with E-state index in [0.717, 1.165) is 16.9 Å². The Morgan fingerprint density at radius 2 is 1.88 bits per heavy atom. The van der Waals surface area contributed by atoms with Gasteiger partial charge in [-0.05, 0) is 26.0 Å². The smallest absolute Gasteiger partial charge is 0.246 e. The molecular formula is C18H23ClN2O3. The maximum absolute atomic E-state index is 12.7. The minimum atomic E-state index is -0.497. The van der Waals surface area contributed by atoms with Crippen molar-refractivity contribution in [2.45, 2.75) is 51.7 Å². The highest BCUT2D eigenvalue weighted by Crippen LogP contribution is 2.43. The van der Waals surface area contributed by atoms with Crippen LogP contribution in [-0.2, 0) is 21.5 Å². The molecule has 2 amide bonds. The molecule has 0 aromatic heterocycles. The van der Waals surface area contributed by atoms with Gasteiger partial charge in [0.05, 0.1) is 13.2 Å². The molecule has 0 spiro atoms. The maximum atomic E-state index is 12.7. The van der Waals surface area contributed by atoms with Crippen LogP contribution in [-0.4, -0.2) is 47.4 Å². The van der Waals surface area contributed by atoms with Gasteiger partial charge in [0.1, 0.15) is 17.8 Å². The van der Waals surface area contributed by atoms with Crippen LogP contribution < -0.4 is 4.74 Å². The van der Waals surface area contributed by atoms with Crippen LogP contribution in [0.3, 0.4) is 0 Å². The molecule has 0 bridgehead atoms. The van der Waals surface area contributed by atoms with E-state index in [2.05, 4.69) is 13.8 Å². The van der Waals surface area contributed by atoms with E-state index < -0.39 is 12.1 Å². The van der Waals surface area contributed by atoms with Crippen molar-refractivity contribution in [2.24, 2.45) is 0 Å². The average molecular weight is 351 g/mol. The number of fused-ring (bicyclic) bond motifs is 1. The molecule has 2 aliphatic rings. The predicted molar refractivity (Wildman–Crippen MR) is 92.2 cm³/mol. The minimum absolute atomic E-state index is 0.0537. The van der Waals surface area contributed by atoms with Gasteiger partial charge in [-0.3, -0.25) is 9.59 Å². The van der Waals surface area contributed by atoms with Crippen LogP contribution in [0.4, 0.5) is 0 Å². The van der Waals surface area contributed by atoms with Crippen LogP contribution in [0.2, 0.25) is 5.02 Å². The van der Waals surface area contributed by atoms with Gasteiger partial charge in [-0.2, -0.15) is 0 Å². The van der Waals surface area contributed by atoms with Crippen LogP contribution in [0, 0.1) is 0 Å². The zero-order chi connectivity index (χ0) is 17.8. The lowest BCUT2D eigenvalue weighted by atomic mass is 9.86. The first-order chi connectivity index (χ1) is 11.1. The van der Waals surface area contributed by atoms with Crippen LogP contribution in [0.25, 0.3) is 0 Å². The molecule has 1 saturated heterocycles. The van der Waals surface area contributed by atoms with Crippen molar-refractivity contribution in [2.75, 3.05) is 13.7 Å². The minimum Gasteiger partial charge on any atom is -0.492 e. The Bertz CT molecular complexity index is 716. The molecule has 0 unspecified atom stereocenters. The quantitative estimate of drug-likeness (QED) is 0.823. The number of halogens is 1. The second-order valence-corrected chi connectivity index (χ2v) is 7.82. The monoisotopic (exact) mass is 350 g/mol. The number of nitrogens with zero attached hydrogens (tertiary/aromatic N) is 2. The molecule has 0 saturated carbocycles.